The zero-order chi connectivity index (χ0) is 36.3. The van der Waals surface area contributed by atoms with Gasteiger partial charge in [0.15, 0.2) is 23.1 Å². The van der Waals surface area contributed by atoms with Crippen molar-refractivity contribution in [2.45, 2.75) is 71.8 Å². The molecule has 0 saturated carbocycles. The van der Waals surface area contributed by atoms with Crippen molar-refractivity contribution in [3.8, 4) is 17.2 Å². The quantitative estimate of drug-likeness (QED) is 0.115. The summed E-state index contributed by atoms with van der Waals surface area (Å²) < 4.78 is 6.43. The Balaban J connectivity index is 1.34. The van der Waals surface area contributed by atoms with Crippen LogP contribution in [0.25, 0.3) is 10.9 Å². The zero-order valence-electron chi connectivity index (χ0n) is 29.3. The summed E-state index contributed by atoms with van der Waals surface area (Å²) in [6.07, 6.45) is 6.90. The molecule has 2 aliphatic carbocycles. The number of Topliss-reactive ketones (excluding diaryl/α,β-unsaturated/α-hetero) is 2. The summed E-state index contributed by atoms with van der Waals surface area (Å²) in [6, 6.07) is 7.51. The van der Waals surface area contributed by atoms with E-state index in [1.54, 1.807) is 13.8 Å². The molecule has 1 spiro atoms. The van der Waals surface area contributed by atoms with Crippen molar-refractivity contribution in [3.05, 3.63) is 88.2 Å². The average Bonchev–Trinajstić information content (AvgIpc) is 3.87. The number of amides is 1. The lowest BCUT2D eigenvalue weighted by Gasteiger charge is -2.47. The standard InChI is InChI=1S/C41H44N2O8/c1-17-9-8-10-23-14-18(2)20(4)31-26(15-22-16-42-25-12-7-6-11-24(22)25)43-40(50)41(23,31)39(49)30-29(34(46)32(44)19(3)13-17)37-27-21(5)33(45)36(48)35(47)28(27)38(30)51-37/h6-8,10-14,16-17,20,23,26,29-32,37-38,42,44-45,47-48H,9,15H2,1-5H3,(H,43,50). The second-order valence-electron chi connectivity index (χ2n) is 15.5. The molecule has 51 heavy (non-hydrogen) atoms. The van der Waals surface area contributed by atoms with E-state index in [1.807, 2.05) is 75.5 Å². The minimum Gasteiger partial charge on any atom is -0.504 e. The number of ether oxygens (including phenoxy) is 1. The van der Waals surface area contributed by atoms with E-state index in [-0.39, 0.29) is 23.0 Å². The highest BCUT2D eigenvalue weighted by molar-refractivity contribution is 6.12. The summed E-state index contributed by atoms with van der Waals surface area (Å²) >= 11 is 0. The summed E-state index contributed by atoms with van der Waals surface area (Å²) in [5, 5.41) is 48.5. The largest absolute Gasteiger partial charge is 0.504 e. The average molecular weight is 693 g/mol. The molecule has 0 radical (unpaired) electrons. The second kappa shape index (κ2) is 11.7. The molecule has 1 amide bonds. The van der Waals surface area contributed by atoms with Gasteiger partial charge >= 0.3 is 0 Å². The molecular formula is C41H44N2O8. The highest BCUT2D eigenvalue weighted by atomic mass is 16.5. The van der Waals surface area contributed by atoms with Crippen LogP contribution in [0.1, 0.15) is 68.6 Å². The number of carbonyl (C=O) groups excluding carboxylic acids is 3. The van der Waals surface area contributed by atoms with Crippen molar-refractivity contribution in [3.63, 3.8) is 0 Å². The molecule has 8 rings (SSSR count). The van der Waals surface area contributed by atoms with Gasteiger partial charge in [0.2, 0.25) is 11.7 Å². The van der Waals surface area contributed by atoms with Crippen LogP contribution in [0.4, 0.5) is 0 Å². The van der Waals surface area contributed by atoms with Crippen molar-refractivity contribution >= 4 is 28.4 Å². The molecule has 4 heterocycles. The third-order valence-electron chi connectivity index (χ3n) is 12.8. The van der Waals surface area contributed by atoms with E-state index in [2.05, 4.69) is 10.3 Å². The van der Waals surface area contributed by atoms with Crippen LogP contribution in [0, 0.1) is 47.8 Å². The number of para-hydroxylation sites is 1. The summed E-state index contributed by atoms with van der Waals surface area (Å²) in [7, 11) is 0. The van der Waals surface area contributed by atoms with E-state index < -0.39 is 88.2 Å². The third-order valence-corrected chi connectivity index (χ3v) is 12.8. The van der Waals surface area contributed by atoms with Gasteiger partial charge in [0.1, 0.15) is 11.5 Å². The van der Waals surface area contributed by atoms with Gasteiger partial charge in [-0.25, -0.2) is 0 Å². The molecule has 3 aliphatic heterocycles. The number of phenolic OH excluding ortho intramolecular Hbond substituents is 3. The monoisotopic (exact) mass is 692 g/mol. The first kappa shape index (κ1) is 33.5. The number of rotatable bonds is 2. The van der Waals surface area contributed by atoms with Gasteiger partial charge < -0.3 is 35.5 Å². The van der Waals surface area contributed by atoms with Gasteiger partial charge in [-0.15, -0.1) is 0 Å². The highest BCUT2D eigenvalue weighted by Crippen LogP contribution is 2.67. The van der Waals surface area contributed by atoms with Gasteiger partial charge in [0.25, 0.3) is 0 Å². The zero-order valence-corrected chi connectivity index (χ0v) is 29.3. The molecule has 2 aromatic carbocycles. The van der Waals surface area contributed by atoms with Gasteiger partial charge in [0.05, 0.1) is 24.0 Å². The maximum atomic E-state index is 15.9. The number of ketones is 2. The predicted molar refractivity (Wildman–Crippen MR) is 189 cm³/mol. The number of hydrogen-bond acceptors (Lipinski definition) is 8. The molecule has 10 heteroatoms. The number of carbonyl (C=O) groups is 3. The van der Waals surface area contributed by atoms with E-state index >= 15 is 4.79 Å². The molecule has 2 fully saturated rings. The number of nitrogens with one attached hydrogen (secondary N) is 2. The first-order valence-corrected chi connectivity index (χ1v) is 17.9. The minimum absolute atomic E-state index is 0.0570. The van der Waals surface area contributed by atoms with Gasteiger partial charge in [-0.05, 0) is 68.2 Å². The van der Waals surface area contributed by atoms with Crippen LogP contribution in [0.3, 0.4) is 0 Å². The van der Waals surface area contributed by atoms with Crippen LogP contribution in [0.5, 0.6) is 17.2 Å². The van der Waals surface area contributed by atoms with Crippen LogP contribution >= 0.6 is 0 Å². The molecule has 2 bridgehead atoms. The Labute approximate surface area is 295 Å². The molecule has 10 nitrogen and oxygen atoms in total. The van der Waals surface area contributed by atoms with Gasteiger partial charge in [-0.1, -0.05) is 61.9 Å². The van der Waals surface area contributed by atoms with Crippen LogP contribution in [0.2, 0.25) is 0 Å². The fraction of sp³-hybridized carbons (Fsp3) is 0.439. The van der Waals surface area contributed by atoms with E-state index in [1.165, 1.54) is 0 Å². The number of fused-ring (bicyclic) bond motifs is 9. The Morgan fingerprint density at radius 2 is 1.63 bits per heavy atom. The van der Waals surface area contributed by atoms with E-state index in [0.29, 0.717) is 24.0 Å². The number of aromatic hydroxyl groups is 3. The Bertz CT molecular complexity index is 2110. The van der Waals surface area contributed by atoms with E-state index in [0.717, 1.165) is 22.0 Å². The molecule has 11 atom stereocenters. The second-order valence-corrected chi connectivity index (χ2v) is 15.5. The molecule has 1 aromatic heterocycles. The lowest BCUT2D eigenvalue weighted by atomic mass is 9.51. The van der Waals surface area contributed by atoms with Crippen molar-refractivity contribution in [1.82, 2.24) is 10.3 Å². The van der Waals surface area contributed by atoms with Crippen LogP contribution in [-0.4, -0.2) is 55.0 Å². The number of aromatic nitrogens is 1. The molecule has 2 saturated heterocycles. The molecule has 11 unspecified atom stereocenters. The number of aliphatic hydroxyl groups excluding tert-OH is 1. The minimum atomic E-state index is -1.66. The predicted octanol–water partition coefficient (Wildman–Crippen LogP) is 5.55. The van der Waals surface area contributed by atoms with Gasteiger partial charge in [0, 0.05) is 46.1 Å². The summed E-state index contributed by atoms with van der Waals surface area (Å²) in [4.78, 5) is 48.7. The Hall–Kier alpha value is -4.67. The Morgan fingerprint density at radius 3 is 2.39 bits per heavy atom. The molecular weight excluding hydrogens is 648 g/mol. The van der Waals surface area contributed by atoms with Crippen LogP contribution < -0.4 is 5.32 Å². The number of H-pyrrole nitrogens is 1. The fourth-order valence-electron chi connectivity index (χ4n) is 10.3. The summed E-state index contributed by atoms with van der Waals surface area (Å²) in [5.74, 6) is -7.38. The Morgan fingerprint density at radius 1 is 0.902 bits per heavy atom. The van der Waals surface area contributed by atoms with Crippen molar-refractivity contribution < 1.29 is 39.5 Å². The summed E-state index contributed by atoms with van der Waals surface area (Å²) in [6.45, 7) is 9.29. The number of aromatic amines is 1. The molecule has 3 aromatic rings. The maximum absolute atomic E-state index is 15.9. The smallest absolute Gasteiger partial charge is 0.235 e. The molecule has 5 aliphatic rings. The highest BCUT2D eigenvalue weighted by Gasteiger charge is 2.71. The maximum Gasteiger partial charge on any atom is 0.235 e. The van der Waals surface area contributed by atoms with Gasteiger partial charge in [-0.3, -0.25) is 14.4 Å². The summed E-state index contributed by atoms with van der Waals surface area (Å²) in [5.41, 5.74) is 2.47. The first-order valence-electron chi connectivity index (χ1n) is 17.9. The topological polar surface area (TPSA) is 169 Å². The number of allylic oxidation sites excluding steroid dienone is 5. The van der Waals surface area contributed by atoms with Crippen LogP contribution in [-0.2, 0) is 25.5 Å². The fourth-order valence-corrected chi connectivity index (χ4v) is 10.3. The number of phenols is 3. The number of hydrogen-bond donors (Lipinski definition) is 6. The SMILES string of the molecule is CC1=CC(C)CC=CC2C=C(C)C(C)C3C(Cc4c[nH]c5ccccc45)NC(=O)C23C(=O)C2C3OC(c4c(C)c(O)c(O)c(O)c43)C2C(=O)C1O. The lowest BCUT2D eigenvalue weighted by Crippen LogP contribution is -2.56. The number of aliphatic hydroxyl groups is 1. The van der Waals surface area contributed by atoms with Crippen molar-refractivity contribution in [2.75, 3.05) is 0 Å². The first-order chi connectivity index (χ1) is 24.3. The molecule has 6 N–H and O–H groups in total. The van der Waals surface area contributed by atoms with Crippen LogP contribution in [0.15, 0.2) is 65.9 Å². The van der Waals surface area contributed by atoms with Crippen molar-refractivity contribution in [2.24, 2.45) is 40.9 Å². The molecule has 266 valence electrons. The number of benzene rings is 2. The van der Waals surface area contributed by atoms with E-state index in [9.17, 15) is 30.0 Å². The van der Waals surface area contributed by atoms with Gasteiger partial charge in [-0.2, -0.15) is 0 Å². The van der Waals surface area contributed by atoms with Crippen molar-refractivity contribution in [1.29, 1.82) is 0 Å². The van der Waals surface area contributed by atoms with E-state index in [4.69, 9.17) is 4.74 Å². The normalized spacial score (nSPS) is 35.9. The third kappa shape index (κ3) is 4.51. The Kier molecular flexibility index (Phi) is 7.67. The lowest BCUT2D eigenvalue weighted by molar-refractivity contribution is -0.152.